The van der Waals surface area contributed by atoms with E-state index in [2.05, 4.69) is 68.6 Å². The molecule has 0 bridgehead atoms. The van der Waals surface area contributed by atoms with E-state index in [4.69, 9.17) is 4.74 Å². The Hall–Kier alpha value is -1.64. The molecule has 0 amide bonds. The van der Waals surface area contributed by atoms with Crippen LogP contribution in [0.4, 0.5) is 0 Å². The van der Waals surface area contributed by atoms with Gasteiger partial charge in [-0.1, -0.05) is 48.0 Å². The van der Waals surface area contributed by atoms with Gasteiger partial charge in [-0.25, -0.2) is 0 Å². The number of ether oxygens (including phenoxy) is 1. The number of benzene rings is 2. The van der Waals surface area contributed by atoms with Gasteiger partial charge in [-0.2, -0.15) is 0 Å². The van der Waals surface area contributed by atoms with Crippen LogP contribution in [0.15, 0.2) is 42.5 Å². The highest BCUT2D eigenvalue weighted by Crippen LogP contribution is 2.19. The van der Waals surface area contributed by atoms with Crippen LogP contribution in [0.1, 0.15) is 40.8 Å². The Morgan fingerprint density at radius 1 is 1.00 bits per heavy atom. The zero-order chi connectivity index (χ0) is 15.2. The van der Waals surface area contributed by atoms with Crippen molar-refractivity contribution >= 4 is 0 Å². The SMILES string of the molecule is COCc1ccc(CNC(C)c2ccc(C)cc2C)cc1. The number of aryl methyl sites for hydroxylation is 2. The molecule has 0 aromatic heterocycles. The largest absolute Gasteiger partial charge is 0.380 e. The molecule has 2 rings (SSSR count). The lowest BCUT2D eigenvalue weighted by molar-refractivity contribution is 0.185. The Balaban J connectivity index is 1.95. The van der Waals surface area contributed by atoms with Crippen molar-refractivity contribution in [3.8, 4) is 0 Å². The summed E-state index contributed by atoms with van der Waals surface area (Å²) >= 11 is 0. The van der Waals surface area contributed by atoms with E-state index in [1.165, 1.54) is 27.8 Å². The third-order valence-corrected chi connectivity index (χ3v) is 3.84. The lowest BCUT2D eigenvalue weighted by atomic mass is 10.00. The smallest absolute Gasteiger partial charge is 0.0713 e. The maximum Gasteiger partial charge on any atom is 0.0713 e. The second-order valence-electron chi connectivity index (χ2n) is 5.71. The van der Waals surface area contributed by atoms with Gasteiger partial charge in [-0.3, -0.25) is 0 Å². The van der Waals surface area contributed by atoms with Crippen LogP contribution in [0.2, 0.25) is 0 Å². The molecule has 2 aromatic carbocycles. The first-order chi connectivity index (χ1) is 10.1. The van der Waals surface area contributed by atoms with Gasteiger partial charge >= 0.3 is 0 Å². The van der Waals surface area contributed by atoms with Crippen molar-refractivity contribution < 1.29 is 4.74 Å². The molecule has 0 heterocycles. The number of methoxy groups -OCH3 is 1. The van der Waals surface area contributed by atoms with E-state index in [0.29, 0.717) is 12.6 Å². The Morgan fingerprint density at radius 3 is 2.29 bits per heavy atom. The topological polar surface area (TPSA) is 21.3 Å². The van der Waals surface area contributed by atoms with Crippen LogP contribution >= 0.6 is 0 Å². The van der Waals surface area contributed by atoms with Gasteiger partial charge in [0.2, 0.25) is 0 Å². The molecule has 112 valence electrons. The average Bonchev–Trinajstić information content (AvgIpc) is 2.46. The first-order valence-electron chi connectivity index (χ1n) is 7.47. The summed E-state index contributed by atoms with van der Waals surface area (Å²) in [6.07, 6.45) is 0. The van der Waals surface area contributed by atoms with Gasteiger partial charge in [0.15, 0.2) is 0 Å². The molecule has 21 heavy (non-hydrogen) atoms. The zero-order valence-corrected chi connectivity index (χ0v) is 13.4. The van der Waals surface area contributed by atoms with E-state index in [9.17, 15) is 0 Å². The van der Waals surface area contributed by atoms with Crippen LogP contribution in [0.5, 0.6) is 0 Å². The normalized spacial score (nSPS) is 12.4. The molecular weight excluding hydrogens is 258 g/mol. The monoisotopic (exact) mass is 283 g/mol. The molecule has 1 atom stereocenters. The maximum atomic E-state index is 5.13. The molecule has 1 N–H and O–H groups in total. The van der Waals surface area contributed by atoms with Crippen molar-refractivity contribution in [1.82, 2.24) is 5.32 Å². The van der Waals surface area contributed by atoms with Gasteiger partial charge in [0.05, 0.1) is 6.61 Å². The molecule has 0 aliphatic rings. The van der Waals surface area contributed by atoms with E-state index < -0.39 is 0 Å². The summed E-state index contributed by atoms with van der Waals surface area (Å²) in [6.45, 7) is 8.09. The standard InChI is InChI=1S/C19H25NO/c1-14-5-10-19(15(2)11-14)16(3)20-12-17-6-8-18(9-7-17)13-21-4/h5-11,16,20H,12-13H2,1-4H3. The Morgan fingerprint density at radius 2 is 1.67 bits per heavy atom. The second-order valence-corrected chi connectivity index (χ2v) is 5.71. The Kier molecular flexibility index (Phi) is 5.54. The predicted octanol–water partition coefficient (Wildman–Crippen LogP) is 4.30. The highest BCUT2D eigenvalue weighted by molar-refractivity contribution is 5.32. The highest BCUT2D eigenvalue weighted by atomic mass is 16.5. The summed E-state index contributed by atoms with van der Waals surface area (Å²) in [5.74, 6) is 0. The van der Waals surface area contributed by atoms with Crippen LogP contribution < -0.4 is 5.32 Å². The van der Waals surface area contributed by atoms with Gasteiger partial charge in [0.1, 0.15) is 0 Å². The summed E-state index contributed by atoms with van der Waals surface area (Å²) in [7, 11) is 1.72. The first kappa shape index (κ1) is 15.7. The van der Waals surface area contributed by atoms with Crippen molar-refractivity contribution in [1.29, 1.82) is 0 Å². The van der Waals surface area contributed by atoms with Crippen molar-refractivity contribution in [2.45, 2.75) is 40.0 Å². The second kappa shape index (κ2) is 7.39. The molecule has 2 heteroatoms. The number of nitrogens with one attached hydrogen (secondary N) is 1. The van der Waals surface area contributed by atoms with Crippen molar-refractivity contribution in [3.63, 3.8) is 0 Å². The molecule has 0 spiro atoms. The van der Waals surface area contributed by atoms with E-state index >= 15 is 0 Å². The fourth-order valence-corrected chi connectivity index (χ4v) is 2.61. The minimum Gasteiger partial charge on any atom is -0.380 e. The Labute approximate surface area is 128 Å². The summed E-state index contributed by atoms with van der Waals surface area (Å²) in [5, 5.41) is 3.60. The van der Waals surface area contributed by atoms with Crippen LogP contribution in [-0.4, -0.2) is 7.11 Å². The highest BCUT2D eigenvalue weighted by Gasteiger charge is 2.07. The molecule has 2 nitrogen and oxygen atoms in total. The van der Waals surface area contributed by atoms with Gasteiger partial charge in [0, 0.05) is 19.7 Å². The summed E-state index contributed by atoms with van der Waals surface area (Å²) in [5.41, 5.74) is 6.55. The Bertz CT molecular complexity index is 575. The van der Waals surface area contributed by atoms with Gasteiger partial charge in [-0.15, -0.1) is 0 Å². The third-order valence-electron chi connectivity index (χ3n) is 3.84. The molecular formula is C19H25NO. The van der Waals surface area contributed by atoms with Gasteiger partial charge < -0.3 is 10.1 Å². The molecule has 0 aliphatic carbocycles. The summed E-state index contributed by atoms with van der Waals surface area (Å²) in [4.78, 5) is 0. The lowest BCUT2D eigenvalue weighted by Gasteiger charge is -2.17. The van der Waals surface area contributed by atoms with E-state index in [-0.39, 0.29) is 0 Å². The van der Waals surface area contributed by atoms with Crippen LogP contribution in [0.25, 0.3) is 0 Å². The quantitative estimate of drug-likeness (QED) is 0.853. The number of hydrogen-bond acceptors (Lipinski definition) is 2. The fourth-order valence-electron chi connectivity index (χ4n) is 2.61. The maximum absolute atomic E-state index is 5.13. The average molecular weight is 283 g/mol. The predicted molar refractivity (Wildman–Crippen MR) is 88.3 cm³/mol. The van der Waals surface area contributed by atoms with Gasteiger partial charge in [-0.05, 0) is 43.0 Å². The molecule has 1 unspecified atom stereocenters. The summed E-state index contributed by atoms with van der Waals surface area (Å²) in [6, 6.07) is 15.6. The van der Waals surface area contributed by atoms with E-state index in [0.717, 1.165) is 6.54 Å². The molecule has 2 aromatic rings. The molecule has 0 aliphatic heterocycles. The van der Waals surface area contributed by atoms with E-state index in [1.807, 2.05) is 0 Å². The summed E-state index contributed by atoms with van der Waals surface area (Å²) < 4.78 is 5.13. The third kappa shape index (κ3) is 4.42. The molecule has 0 radical (unpaired) electrons. The van der Waals surface area contributed by atoms with Crippen LogP contribution in [0.3, 0.4) is 0 Å². The van der Waals surface area contributed by atoms with Crippen molar-refractivity contribution in [2.75, 3.05) is 7.11 Å². The number of rotatable bonds is 6. The molecule has 0 fully saturated rings. The lowest BCUT2D eigenvalue weighted by Crippen LogP contribution is -2.19. The van der Waals surface area contributed by atoms with Crippen LogP contribution in [-0.2, 0) is 17.9 Å². The molecule has 0 saturated heterocycles. The van der Waals surface area contributed by atoms with E-state index in [1.54, 1.807) is 7.11 Å². The van der Waals surface area contributed by atoms with Crippen LogP contribution in [0, 0.1) is 13.8 Å². The van der Waals surface area contributed by atoms with Crippen molar-refractivity contribution in [2.24, 2.45) is 0 Å². The fraction of sp³-hybridized carbons (Fsp3) is 0.368. The van der Waals surface area contributed by atoms with Crippen molar-refractivity contribution in [3.05, 3.63) is 70.3 Å². The number of hydrogen-bond donors (Lipinski definition) is 1. The van der Waals surface area contributed by atoms with Gasteiger partial charge in [0.25, 0.3) is 0 Å². The zero-order valence-electron chi connectivity index (χ0n) is 13.4. The first-order valence-corrected chi connectivity index (χ1v) is 7.47. The minimum atomic E-state index is 0.351. The molecule has 0 saturated carbocycles. The minimum absolute atomic E-state index is 0.351.